The van der Waals surface area contributed by atoms with Crippen molar-refractivity contribution in [2.24, 2.45) is 4.99 Å². The maximum Gasteiger partial charge on any atom is 0.272 e. The summed E-state index contributed by atoms with van der Waals surface area (Å²) in [6.07, 6.45) is 3.24. The van der Waals surface area contributed by atoms with Gasteiger partial charge in [0.2, 0.25) is 0 Å². The van der Waals surface area contributed by atoms with E-state index in [1.807, 2.05) is 35.1 Å². The number of carbonyl (C=O) groups is 1. The van der Waals surface area contributed by atoms with Crippen LogP contribution < -0.4 is 4.80 Å². The van der Waals surface area contributed by atoms with Crippen LogP contribution in [0.3, 0.4) is 0 Å². The van der Waals surface area contributed by atoms with Gasteiger partial charge in [-0.1, -0.05) is 40.6 Å². The van der Waals surface area contributed by atoms with E-state index in [0.717, 1.165) is 15.1 Å². The molecule has 0 spiro atoms. The van der Waals surface area contributed by atoms with Crippen molar-refractivity contribution in [3.8, 4) is 0 Å². The molecule has 0 unspecified atom stereocenters. The number of nitrogens with zero attached hydrogens (tertiary/aromatic N) is 2. The van der Waals surface area contributed by atoms with Crippen LogP contribution in [0, 0.1) is 0 Å². The monoisotopic (exact) mass is 382 g/mol. The molecule has 0 radical (unpaired) electrons. The summed E-state index contributed by atoms with van der Waals surface area (Å²) in [5.41, 5.74) is 0.859. The van der Waals surface area contributed by atoms with Crippen LogP contribution in [-0.4, -0.2) is 10.5 Å². The maximum absolute atomic E-state index is 12.1. The molecule has 0 aliphatic carbocycles. The van der Waals surface area contributed by atoms with E-state index in [2.05, 4.69) is 4.99 Å². The third kappa shape index (κ3) is 3.58. The first kappa shape index (κ1) is 16.5. The topological polar surface area (TPSA) is 34.4 Å². The molecule has 2 aromatic heterocycles. The number of amides is 1. The minimum Gasteiger partial charge on any atom is -0.315 e. The lowest BCUT2D eigenvalue weighted by Crippen LogP contribution is -2.15. The molecule has 0 saturated heterocycles. The van der Waals surface area contributed by atoms with Crippen LogP contribution in [-0.2, 0) is 11.3 Å². The molecule has 0 aliphatic rings. The molecule has 0 aliphatic heterocycles. The Labute approximate surface area is 151 Å². The number of fused-ring (bicyclic) bond motifs is 1. The number of hydrogen-bond donors (Lipinski definition) is 0. The van der Waals surface area contributed by atoms with Gasteiger partial charge in [0.25, 0.3) is 5.91 Å². The van der Waals surface area contributed by atoms with Gasteiger partial charge in [-0.3, -0.25) is 4.79 Å². The lowest BCUT2D eigenvalue weighted by molar-refractivity contribution is -0.113. The van der Waals surface area contributed by atoms with E-state index in [0.29, 0.717) is 21.4 Å². The van der Waals surface area contributed by atoms with Gasteiger partial charge >= 0.3 is 0 Å². The molecule has 0 saturated carbocycles. The third-order valence-corrected chi connectivity index (χ3v) is 5.52. The number of aryl methyl sites for hydroxylation is 1. The smallest absolute Gasteiger partial charge is 0.272 e. The van der Waals surface area contributed by atoms with E-state index in [1.165, 1.54) is 17.4 Å². The Morgan fingerprint density at radius 2 is 2.22 bits per heavy atom. The van der Waals surface area contributed by atoms with Gasteiger partial charge in [0.15, 0.2) is 4.80 Å². The first-order valence-corrected chi connectivity index (χ1v) is 9.32. The van der Waals surface area contributed by atoms with Gasteiger partial charge in [-0.05, 0) is 36.6 Å². The van der Waals surface area contributed by atoms with Crippen LogP contribution >= 0.6 is 45.9 Å². The Balaban J connectivity index is 2.05. The summed E-state index contributed by atoms with van der Waals surface area (Å²) in [6, 6.07) is 7.42. The second-order valence-corrected chi connectivity index (χ2v) is 7.49. The van der Waals surface area contributed by atoms with Crippen molar-refractivity contribution >= 4 is 68.1 Å². The van der Waals surface area contributed by atoms with Crippen molar-refractivity contribution in [3.63, 3.8) is 0 Å². The predicted molar refractivity (Wildman–Crippen MR) is 99.4 cm³/mol. The minimum atomic E-state index is -0.297. The summed E-state index contributed by atoms with van der Waals surface area (Å²) in [6.45, 7) is 2.66. The Morgan fingerprint density at radius 1 is 1.39 bits per heavy atom. The number of rotatable bonds is 3. The van der Waals surface area contributed by atoms with Gasteiger partial charge in [0.1, 0.15) is 0 Å². The third-order valence-electron chi connectivity index (χ3n) is 3.15. The van der Waals surface area contributed by atoms with E-state index >= 15 is 0 Å². The van der Waals surface area contributed by atoms with E-state index in [1.54, 1.807) is 23.5 Å². The van der Waals surface area contributed by atoms with Crippen LogP contribution in [0.4, 0.5) is 0 Å². The Morgan fingerprint density at radius 3 is 2.91 bits per heavy atom. The quantitative estimate of drug-likeness (QED) is 0.570. The van der Waals surface area contributed by atoms with Crippen LogP contribution in [0.1, 0.15) is 11.8 Å². The van der Waals surface area contributed by atoms with Crippen molar-refractivity contribution in [3.05, 3.63) is 55.4 Å². The van der Waals surface area contributed by atoms with Gasteiger partial charge in [-0.25, -0.2) is 0 Å². The predicted octanol–water partition coefficient (Wildman–Crippen LogP) is 5.23. The molecule has 0 N–H and O–H groups in total. The number of thiazole rings is 1. The molecule has 7 heteroatoms. The van der Waals surface area contributed by atoms with Crippen LogP contribution in [0.5, 0.6) is 0 Å². The van der Waals surface area contributed by atoms with Crippen molar-refractivity contribution in [2.45, 2.75) is 13.5 Å². The number of hydrogen-bond acceptors (Lipinski definition) is 3. The zero-order valence-electron chi connectivity index (χ0n) is 12.1. The van der Waals surface area contributed by atoms with E-state index in [-0.39, 0.29) is 5.91 Å². The van der Waals surface area contributed by atoms with Crippen LogP contribution in [0.15, 0.2) is 40.7 Å². The normalized spacial score (nSPS) is 12.6. The van der Waals surface area contributed by atoms with Gasteiger partial charge < -0.3 is 4.57 Å². The largest absolute Gasteiger partial charge is 0.315 e. The average Bonchev–Trinajstić information content (AvgIpc) is 3.12. The average molecular weight is 383 g/mol. The molecular weight excluding hydrogens is 371 g/mol. The first-order chi connectivity index (χ1) is 11.1. The van der Waals surface area contributed by atoms with Crippen molar-refractivity contribution in [2.75, 3.05) is 0 Å². The summed E-state index contributed by atoms with van der Waals surface area (Å²) >= 11 is 15.3. The van der Waals surface area contributed by atoms with Crippen LogP contribution in [0.2, 0.25) is 10.0 Å². The number of aromatic nitrogens is 1. The molecule has 0 bridgehead atoms. The second-order valence-electron chi connectivity index (χ2n) is 4.66. The summed E-state index contributed by atoms with van der Waals surface area (Å²) in [5.74, 6) is -0.297. The van der Waals surface area contributed by atoms with Gasteiger partial charge in [0, 0.05) is 22.5 Å². The molecule has 1 amide bonds. The summed E-state index contributed by atoms with van der Waals surface area (Å²) in [4.78, 5) is 17.9. The molecule has 2 heterocycles. The number of thiophene rings is 1. The lowest BCUT2D eigenvalue weighted by Gasteiger charge is -2.02. The van der Waals surface area contributed by atoms with Crippen LogP contribution in [0.25, 0.3) is 16.3 Å². The number of carbonyl (C=O) groups excluding carboxylic acids is 1. The fraction of sp³-hybridized carbons (Fsp3) is 0.125. The summed E-state index contributed by atoms with van der Waals surface area (Å²) in [5, 5.41) is 3.10. The Bertz CT molecular complexity index is 953. The summed E-state index contributed by atoms with van der Waals surface area (Å²) in [7, 11) is 0. The molecule has 0 atom stereocenters. The fourth-order valence-electron chi connectivity index (χ4n) is 2.18. The molecule has 3 rings (SSSR count). The Hall–Kier alpha value is -1.40. The van der Waals surface area contributed by atoms with E-state index < -0.39 is 0 Å². The first-order valence-electron chi connectivity index (χ1n) is 6.87. The number of halogens is 2. The van der Waals surface area contributed by atoms with Gasteiger partial charge in [-0.2, -0.15) is 4.99 Å². The number of benzene rings is 1. The van der Waals surface area contributed by atoms with E-state index in [9.17, 15) is 4.79 Å². The SMILES string of the molecule is CCn1c(=NC(=O)C=Cc2cccs2)sc2cc(Cl)cc(Cl)c21. The standard InChI is InChI=1S/C16H12Cl2N2OS2/c1-2-20-15-12(18)8-10(17)9-13(15)23-16(20)19-14(21)6-5-11-4-3-7-22-11/h3-9H,2H2,1H3. The Kier molecular flexibility index (Phi) is 5.02. The van der Waals surface area contributed by atoms with Crippen molar-refractivity contribution in [1.29, 1.82) is 0 Å². The highest BCUT2D eigenvalue weighted by molar-refractivity contribution is 7.16. The zero-order chi connectivity index (χ0) is 16.4. The van der Waals surface area contributed by atoms with Crippen molar-refractivity contribution < 1.29 is 4.79 Å². The van der Waals surface area contributed by atoms with Crippen molar-refractivity contribution in [1.82, 2.24) is 4.57 Å². The van der Waals surface area contributed by atoms with Gasteiger partial charge in [-0.15, -0.1) is 11.3 Å². The highest BCUT2D eigenvalue weighted by atomic mass is 35.5. The molecule has 3 nitrogen and oxygen atoms in total. The maximum atomic E-state index is 12.1. The molecule has 1 aromatic carbocycles. The molecule has 0 fully saturated rings. The molecule has 3 aromatic rings. The highest BCUT2D eigenvalue weighted by Gasteiger charge is 2.10. The lowest BCUT2D eigenvalue weighted by atomic mass is 10.3. The summed E-state index contributed by atoms with van der Waals surface area (Å²) < 4.78 is 2.84. The second kappa shape index (κ2) is 7.01. The molecule has 118 valence electrons. The van der Waals surface area contributed by atoms with E-state index in [4.69, 9.17) is 23.2 Å². The molecule has 23 heavy (non-hydrogen) atoms. The highest BCUT2D eigenvalue weighted by Crippen LogP contribution is 2.29. The van der Waals surface area contributed by atoms with Gasteiger partial charge in [0.05, 0.1) is 15.2 Å². The fourth-order valence-corrected chi connectivity index (χ4v) is 4.68. The minimum absolute atomic E-state index is 0.297. The molecular formula is C16H12Cl2N2OS2. The zero-order valence-corrected chi connectivity index (χ0v) is 15.3.